The van der Waals surface area contributed by atoms with Gasteiger partial charge in [-0.2, -0.15) is 0 Å². The molecule has 5 heteroatoms. The van der Waals surface area contributed by atoms with Gasteiger partial charge in [0.25, 0.3) is 5.91 Å². The Labute approximate surface area is 160 Å². The second kappa shape index (κ2) is 8.80. The first-order chi connectivity index (χ1) is 13.1. The molecule has 27 heavy (non-hydrogen) atoms. The summed E-state index contributed by atoms with van der Waals surface area (Å²) >= 11 is 0. The van der Waals surface area contributed by atoms with E-state index in [0.29, 0.717) is 29.6 Å². The first-order valence-corrected chi connectivity index (χ1v) is 9.31. The number of carbonyl (C=O) groups excluding carboxylic acids is 1. The highest BCUT2D eigenvalue weighted by Gasteiger charge is 2.24. The average molecular weight is 369 g/mol. The van der Waals surface area contributed by atoms with Crippen molar-refractivity contribution >= 4 is 5.91 Å². The van der Waals surface area contributed by atoms with Gasteiger partial charge in [0.1, 0.15) is 5.75 Å². The van der Waals surface area contributed by atoms with Crippen LogP contribution in [0.5, 0.6) is 17.2 Å². The Kier molecular flexibility index (Phi) is 6.22. The molecule has 0 aliphatic carbocycles. The van der Waals surface area contributed by atoms with Crippen molar-refractivity contribution in [1.29, 1.82) is 0 Å². The minimum Gasteiger partial charge on any atom is -0.493 e. The molecule has 1 heterocycles. The van der Waals surface area contributed by atoms with Gasteiger partial charge in [0, 0.05) is 18.7 Å². The Morgan fingerprint density at radius 2 is 1.67 bits per heavy atom. The summed E-state index contributed by atoms with van der Waals surface area (Å²) in [4.78, 5) is 14.7. The first kappa shape index (κ1) is 19.1. The summed E-state index contributed by atoms with van der Waals surface area (Å²) in [6, 6.07) is 13.4. The Morgan fingerprint density at radius 3 is 2.30 bits per heavy atom. The lowest BCUT2D eigenvalue weighted by molar-refractivity contribution is 0.0660. The van der Waals surface area contributed by atoms with Crippen LogP contribution in [0.4, 0.5) is 0 Å². The molecule has 144 valence electrons. The van der Waals surface area contributed by atoms with Gasteiger partial charge in [-0.15, -0.1) is 0 Å². The molecule has 0 saturated carbocycles. The molecule has 1 saturated heterocycles. The molecule has 1 aliphatic rings. The predicted molar refractivity (Wildman–Crippen MR) is 105 cm³/mol. The van der Waals surface area contributed by atoms with Crippen LogP contribution in [0.3, 0.4) is 0 Å². The van der Waals surface area contributed by atoms with Crippen molar-refractivity contribution in [2.45, 2.75) is 19.8 Å². The maximum Gasteiger partial charge on any atom is 0.253 e. The molecule has 1 fully saturated rings. The largest absolute Gasteiger partial charge is 0.493 e. The summed E-state index contributed by atoms with van der Waals surface area (Å²) in [5.41, 5.74) is 1.85. The molecule has 1 amide bonds. The summed E-state index contributed by atoms with van der Waals surface area (Å²) in [5.74, 6) is 2.62. The van der Waals surface area contributed by atoms with Crippen molar-refractivity contribution in [1.82, 2.24) is 4.90 Å². The number of benzene rings is 2. The zero-order valence-corrected chi connectivity index (χ0v) is 16.2. The van der Waals surface area contributed by atoms with Gasteiger partial charge < -0.3 is 19.1 Å². The second-order valence-electron chi connectivity index (χ2n) is 6.93. The molecule has 0 radical (unpaired) electrons. The smallest absolute Gasteiger partial charge is 0.253 e. The maximum atomic E-state index is 12.8. The molecule has 0 atom stereocenters. The lowest BCUT2D eigenvalue weighted by atomic mass is 9.97. The molecule has 5 nitrogen and oxygen atoms in total. The van der Waals surface area contributed by atoms with Crippen LogP contribution in [-0.4, -0.2) is 44.7 Å². The number of piperidine rings is 1. The number of methoxy groups -OCH3 is 2. The van der Waals surface area contributed by atoms with Gasteiger partial charge in [0.05, 0.1) is 20.8 Å². The highest BCUT2D eigenvalue weighted by molar-refractivity contribution is 5.95. The summed E-state index contributed by atoms with van der Waals surface area (Å²) in [6.07, 6.45) is 1.90. The molecule has 0 spiro atoms. The number of rotatable bonds is 6. The van der Waals surface area contributed by atoms with Gasteiger partial charge in [0.15, 0.2) is 11.5 Å². The molecular formula is C22H27NO4. The van der Waals surface area contributed by atoms with Gasteiger partial charge in [0.2, 0.25) is 0 Å². The lowest BCUT2D eigenvalue weighted by Crippen LogP contribution is -2.39. The van der Waals surface area contributed by atoms with Crippen molar-refractivity contribution in [2.24, 2.45) is 5.92 Å². The van der Waals surface area contributed by atoms with E-state index in [1.807, 2.05) is 17.0 Å². The van der Waals surface area contributed by atoms with Crippen molar-refractivity contribution < 1.29 is 19.0 Å². The molecular weight excluding hydrogens is 342 g/mol. The zero-order chi connectivity index (χ0) is 19.2. The highest BCUT2D eigenvalue weighted by atomic mass is 16.5. The van der Waals surface area contributed by atoms with Gasteiger partial charge in [-0.05, 0) is 56.0 Å². The quantitative estimate of drug-likeness (QED) is 0.774. The van der Waals surface area contributed by atoms with Crippen molar-refractivity contribution in [3.8, 4) is 17.2 Å². The van der Waals surface area contributed by atoms with Crippen molar-refractivity contribution in [3.63, 3.8) is 0 Å². The normalized spacial score (nSPS) is 14.7. The third-order valence-corrected chi connectivity index (χ3v) is 5.04. The van der Waals surface area contributed by atoms with Crippen molar-refractivity contribution in [2.75, 3.05) is 33.9 Å². The average Bonchev–Trinajstić information content (AvgIpc) is 2.72. The van der Waals surface area contributed by atoms with Crippen LogP contribution >= 0.6 is 0 Å². The number of ether oxygens (including phenoxy) is 3. The summed E-state index contributed by atoms with van der Waals surface area (Å²) < 4.78 is 16.4. The Hall–Kier alpha value is -2.69. The standard InChI is InChI=1S/C22H27NO4/c1-16-4-7-19(8-5-16)27-15-17-10-12-23(13-11-17)22(24)18-6-9-20(25-2)21(14-18)26-3/h4-9,14,17H,10-13,15H2,1-3H3. The van der Waals surface area contributed by atoms with E-state index in [1.165, 1.54) is 5.56 Å². The van der Waals surface area contributed by atoms with Gasteiger partial charge in [-0.1, -0.05) is 17.7 Å². The first-order valence-electron chi connectivity index (χ1n) is 9.31. The van der Waals surface area contributed by atoms with E-state index in [4.69, 9.17) is 14.2 Å². The summed E-state index contributed by atoms with van der Waals surface area (Å²) in [5, 5.41) is 0. The second-order valence-corrected chi connectivity index (χ2v) is 6.93. The van der Waals surface area contributed by atoms with E-state index < -0.39 is 0 Å². The fraction of sp³-hybridized carbons (Fsp3) is 0.409. The fourth-order valence-corrected chi connectivity index (χ4v) is 3.30. The number of likely N-dealkylation sites (tertiary alicyclic amines) is 1. The van der Waals surface area contributed by atoms with E-state index in [2.05, 4.69) is 19.1 Å². The van der Waals surface area contributed by atoms with Crippen molar-refractivity contribution in [3.05, 3.63) is 53.6 Å². The Morgan fingerprint density at radius 1 is 1.00 bits per heavy atom. The lowest BCUT2D eigenvalue weighted by Gasteiger charge is -2.32. The molecule has 2 aromatic rings. The molecule has 0 N–H and O–H groups in total. The van der Waals surface area contributed by atoms with Crippen LogP contribution < -0.4 is 14.2 Å². The van der Waals surface area contributed by atoms with E-state index in [0.717, 1.165) is 31.7 Å². The van der Waals surface area contributed by atoms with E-state index in [1.54, 1.807) is 32.4 Å². The predicted octanol–water partition coefficient (Wildman–Crippen LogP) is 3.94. The number of carbonyl (C=O) groups is 1. The third-order valence-electron chi connectivity index (χ3n) is 5.04. The van der Waals surface area contributed by atoms with Crippen LogP contribution in [0, 0.1) is 12.8 Å². The van der Waals surface area contributed by atoms with Crippen LogP contribution in [0.2, 0.25) is 0 Å². The number of hydrogen-bond donors (Lipinski definition) is 0. The number of nitrogens with zero attached hydrogens (tertiary/aromatic N) is 1. The number of amides is 1. The van der Waals surface area contributed by atoms with Crippen LogP contribution in [0.1, 0.15) is 28.8 Å². The number of aryl methyl sites for hydroxylation is 1. The van der Waals surface area contributed by atoms with Crippen LogP contribution in [0.15, 0.2) is 42.5 Å². The monoisotopic (exact) mass is 369 g/mol. The third kappa shape index (κ3) is 4.73. The van der Waals surface area contributed by atoms with Crippen LogP contribution in [0.25, 0.3) is 0 Å². The minimum absolute atomic E-state index is 0.0360. The van der Waals surface area contributed by atoms with Gasteiger partial charge in [-0.25, -0.2) is 0 Å². The van der Waals surface area contributed by atoms with Gasteiger partial charge in [-0.3, -0.25) is 4.79 Å². The topological polar surface area (TPSA) is 48.0 Å². The molecule has 0 aromatic heterocycles. The van der Waals surface area contributed by atoms with Gasteiger partial charge >= 0.3 is 0 Å². The van der Waals surface area contributed by atoms with Crippen LogP contribution in [-0.2, 0) is 0 Å². The minimum atomic E-state index is 0.0360. The number of hydrogen-bond acceptors (Lipinski definition) is 4. The zero-order valence-electron chi connectivity index (χ0n) is 16.2. The Balaban J connectivity index is 1.52. The summed E-state index contributed by atoms with van der Waals surface area (Å²) in [6.45, 7) is 4.25. The van der Waals surface area contributed by atoms with E-state index >= 15 is 0 Å². The fourth-order valence-electron chi connectivity index (χ4n) is 3.30. The molecule has 0 bridgehead atoms. The molecule has 0 unspecified atom stereocenters. The highest BCUT2D eigenvalue weighted by Crippen LogP contribution is 2.29. The SMILES string of the molecule is COc1ccc(C(=O)N2CCC(COc3ccc(C)cc3)CC2)cc1OC. The van der Waals surface area contributed by atoms with E-state index in [9.17, 15) is 4.79 Å². The molecule has 1 aliphatic heterocycles. The Bertz CT molecular complexity index is 764. The maximum absolute atomic E-state index is 12.8. The molecule has 2 aromatic carbocycles. The van der Waals surface area contributed by atoms with E-state index in [-0.39, 0.29) is 5.91 Å². The molecule has 3 rings (SSSR count). The summed E-state index contributed by atoms with van der Waals surface area (Å²) in [7, 11) is 3.16.